The van der Waals surface area contributed by atoms with Gasteiger partial charge in [0.2, 0.25) is 0 Å². The van der Waals surface area contributed by atoms with Gasteiger partial charge in [0.25, 0.3) is 11.8 Å². The first-order valence-electron chi connectivity index (χ1n) is 6.61. The minimum absolute atomic E-state index is 0.334. The summed E-state index contributed by atoms with van der Waals surface area (Å²) in [5.74, 6) is 0.0862. The third kappa shape index (κ3) is 2.80. The molecule has 6 nitrogen and oxygen atoms in total. The molecule has 1 fully saturated rings. The minimum atomic E-state index is -2.41. The molecule has 0 saturated carbocycles. The van der Waals surface area contributed by atoms with Crippen LogP contribution in [0.3, 0.4) is 0 Å². The van der Waals surface area contributed by atoms with Crippen LogP contribution in [-0.4, -0.2) is 45.5 Å². The summed E-state index contributed by atoms with van der Waals surface area (Å²) in [5, 5.41) is 0. The molecule has 0 spiro atoms. The molecule has 1 aromatic rings. The van der Waals surface area contributed by atoms with E-state index in [1.165, 1.54) is 12.2 Å². The number of carbonyl (C=O) groups excluding carboxylic acids is 2. The van der Waals surface area contributed by atoms with E-state index in [9.17, 15) is 18.7 Å². The zero-order valence-electron chi connectivity index (χ0n) is 11.3. The van der Waals surface area contributed by atoms with Crippen molar-refractivity contribution in [2.75, 3.05) is 34.4 Å². The Kier molecular flexibility index (Phi) is 3.48. The Morgan fingerprint density at radius 2 is 1.33 bits per heavy atom. The fourth-order valence-electron chi connectivity index (χ4n) is 2.45. The van der Waals surface area contributed by atoms with Gasteiger partial charge in [-0.15, -0.1) is 0 Å². The Morgan fingerprint density at radius 1 is 0.857 bits per heavy atom. The molecule has 3 rings (SSSR count). The van der Waals surface area contributed by atoms with Crippen LogP contribution in [-0.2, 0) is 9.59 Å². The minimum Gasteiger partial charge on any atom is -0.368 e. The van der Waals surface area contributed by atoms with E-state index in [-0.39, 0.29) is 11.8 Å². The molecule has 21 heavy (non-hydrogen) atoms. The third-order valence-electron chi connectivity index (χ3n) is 3.66. The molecule has 0 radical (unpaired) electrons. The molecular formula is C14H16N2O4S. The van der Waals surface area contributed by atoms with E-state index in [0.717, 1.165) is 10.6 Å². The normalized spacial score (nSPS) is 22.8. The van der Waals surface area contributed by atoms with Crippen molar-refractivity contribution in [3.63, 3.8) is 0 Å². The molecule has 1 saturated heterocycles. The standard InChI is InChI=1S/C14H16N2O4S/c17-13-5-6-14(18)16(13)12-3-1-11(2-4-12)15-7-9-21(19,20)10-8-15/h1-6,19-20H,7-10H2. The lowest BCUT2D eigenvalue weighted by molar-refractivity contribution is -0.119. The summed E-state index contributed by atoms with van der Waals surface area (Å²) < 4.78 is 19.2. The number of anilines is 2. The molecule has 2 amide bonds. The smallest absolute Gasteiger partial charge is 0.258 e. The number of rotatable bonds is 2. The largest absolute Gasteiger partial charge is 0.368 e. The van der Waals surface area contributed by atoms with Crippen molar-refractivity contribution >= 4 is 33.8 Å². The molecule has 0 unspecified atom stereocenters. The van der Waals surface area contributed by atoms with E-state index < -0.39 is 10.6 Å². The predicted molar refractivity (Wildman–Crippen MR) is 82.9 cm³/mol. The lowest BCUT2D eigenvalue weighted by Gasteiger charge is -2.41. The molecule has 0 aromatic heterocycles. The van der Waals surface area contributed by atoms with Crippen molar-refractivity contribution in [2.24, 2.45) is 0 Å². The van der Waals surface area contributed by atoms with Crippen molar-refractivity contribution in [3.8, 4) is 0 Å². The van der Waals surface area contributed by atoms with E-state index in [0.29, 0.717) is 30.3 Å². The van der Waals surface area contributed by atoms with Gasteiger partial charge < -0.3 is 4.90 Å². The highest BCUT2D eigenvalue weighted by Crippen LogP contribution is 2.41. The van der Waals surface area contributed by atoms with Gasteiger partial charge in [-0.3, -0.25) is 18.7 Å². The molecule has 2 aliphatic heterocycles. The van der Waals surface area contributed by atoms with Crippen LogP contribution in [0.1, 0.15) is 0 Å². The summed E-state index contributed by atoms with van der Waals surface area (Å²) >= 11 is 0. The summed E-state index contributed by atoms with van der Waals surface area (Å²) in [6.45, 7) is 1.18. The van der Waals surface area contributed by atoms with E-state index >= 15 is 0 Å². The Morgan fingerprint density at radius 3 is 1.86 bits per heavy atom. The first-order valence-corrected chi connectivity index (χ1v) is 8.49. The Labute approximate surface area is 124 Å². The first kappa shape index (κ1) is 14.1. The molecule has 2 heterocycles. The average Bonchev–Trinajstić information content (AvgIpc) is 2.79. The molecule has 0 bridgehead atoms. The van der Waals surface area contributed by atoms with Gasteiger partial charge in [0.05, 0.1) is 17.2 Å². The lowest BCUT2D eigenvalue weighted by Crippen LogP contribution is -2.38. The number of amides is 2. The van der Waals surface area contributed by atoms with Crippen LogP contribution in [0.2, 0.25) is 0 Å². The zero-order chi connectivity index (χ0) is 15.0. The maximum Gasteiger partial charge on any atom is 0.258 e. The molecule has 0 aliphatic carbocycles. The van der Waals surface area contributed by atoms with Gasteiger partial charge in [-0.1, -0.05) is 0 Å². The summed E-state index contributed by atoms with van der Waals surface area (Å²) in [6, 6.07) is 7.13. The molecule has 2 aliphatic rings. The second kappa shape index (κ2) is 5.18. The van der Waals surface area contributed by atoms with E-state index in [1.54, 1.807) is 12.1 Å². The highest BCUT2D eigenvalue weighted by molar-refractivity contribution is 8.24. The summed E-state index contributed by atoms with van der Waals surface area (Å²) in [6.07, 6.45) is 2.51. The van der Waals surface area contributed by atoms with Crippen molar-refractivity contribution < 1.29 is 18.7 Å². The Bertz CT molecular complexity index is 584. The molecule has 2 N–H and O–H groups in total. The maximum atomic E-state index is 11.6. The number of carbonyl (C=O) groups is 2. The van der Waals surface area contributed by atoms with E-state index in [4.69, 9.17) is 0 Å². The molecule has 0 atom stereocenters. The van der Waals surface area contributed by atoms with Crippen LogP contribution in [0.4, 0.5) is 11.4 Å². The highest BCUT2D eigenvalue weighted by Gasteiger charge is 2.26. The summed E-state index contributed by atoms with van der Waals surface area (Å²) in [5.41, 5.74) is 1.49. The van der Waals surface area contributed by atoms with Crippen molar-refractivity contribution in [3.05, 3.63) is 36.4 Å². The first-order chi connectivity index (χ1) is 9.96. The summed E-state index contributed by atoms with van der Waals surface area (Å²) in [7, 11) is -2.41. The van der Waals surface area contributed by atoms with Crippen LogP contribution in [0, 0.1) is 0 Å². The van der Waals surface area contributed by atoms with Gasteiger partial charge >= 0.3 is 0 Å². The molecular weight excluding hydrogens is 292 g/mol. The Balaban J connectivity index is 1.73. The fourth-order valence-corrected chi connectivity index (χ4v) is 3.68. The van der Waals surface area contributed by atoms with Crippen LogP contribution in [0.15, 0.2) is 36.4 Å². The van der Waals surface area contributed by atoms with Gasteiger partial charge in [-0.2, -0.15) is 10.6 Å². The van der Waals surface area contributed by atoms with Crippen LogP contribution in [0.25, 0.3) is 0 Å². The quantitative estimate of drug-likeness (QED) is 0.813. The van der Waals surface area contributed by atoms with Gasteiger partial charge in [0, 0.05) is 30.9 Å². The number of imide groups is 1. The third-order valence-corrected chi connectivity index (χ3v) is 5.33. The number of hydrogen-bond acceptors (Lipinski definition) is 5. The number of nitrogens with zero attached hydrogens (tertiary/aromatic N) is 2. The molecule has 7 heteroatoms. The maximum absolute atomic E-state index is 11.6. The predicted octanol–water partition coefficient (Wildman–Crippen LogP) is 1.69. The number of hydrogen-bond donors (Lipinski definition) is 2. The second-order valence-corrected chi connectivity index (χ2v) is 7.48. The van der Waals surface area contributed by atoms with Gasteiger partial charge in [0.15, 0.2) is 0 Å². The molecule has 1 aromatic carbocycles. The average molecular weight is 308 g/mol. The number of benzene rings is 1. The fraction of sp³-hybridized carbons (Fsp3) is 0.286. The van der Waals surface area contributed by atoms with Crippen LogP contribution < -0.4 is 9.80 Å². The topological polar surface area (TPSA) is 81.1 Å². The lowest BCUT2D eigenvalue weighted by atomic mass is 10.2. The van der Waals surface area contributed by atoms with E-state index in [2.05, 4.69) is 4.90 Å². The van der Waals surface area contributed by atoms with Gasteiger partial charge in [-0.05, 0) is 24.3 Å². The Hall–Kier alpha value is -1.83. The van der Waals surface area contributed by atoms with Crippen molar-refractivity contribution in [2.45, 2.75) is 0 Å². The van der Waals surface area contributed by atoms with Crippen molar-refractivity contribution in [1.82, 2.24) is 0 Å². The SMILES string of the molecule is O=C1C=CC(=O)N1c1ccc(N2CCS(O)(O)CC2)cc1. The highest BCUT2D eigenvalue weighted by atomic mass is 32.3. The second-order valence-electron chi connectivity index (χ2n) is 5.06. The van der Waals surface area contributed by atoms with Crippen molar-refractivity contribution in [1.29, 1.82) is 0 Å². The van der Waals surface area contributed by atoms with E-state index in [1.807, 2.05) is 12.1 Å². The van der Waals surface area contributed by atoms with Gasteiger partial charge in [-0.25, -0.2) is 4.90 Å². The van der Waals surface area contributed by atoms with Crippen LogP contribution in [0.5, 0.6) is 0 Å². The molecule has 112 valence electrons. The van der Waals surface area contributed by atoms with Crippen LogP contribution >= 0.6 is 10.6 Å². The monoisotopic (exact) mass is 308 g/mol. The van der Waals surface area contributed by atoms with Gasteiger partial charge in [0.1, 0.15) is 0 Å². The summed E-state index contributed by atoms with van der Waals surface area (Å²) in [4.78, 5) is 26.4. The zero-order valence-corrected chi connectivity index (χ0v) is 12.1.